The van der Waals surface area contributed by atoms with Crippen molar-refractivity contribution in [2.75, 3.05) is 7.11 Å². The number of phenolic OH excluding ortho intramolecular Hbond substituents is 1. The van der Waals surface area contributed by atoms with Crippen molar-refractivity contribution in [1.82, 2.24) is 0 Å². The SMILES string of the molecule is COc1c(O)cc(Br)c(F)c1C(=O)C(=O)O. The molecule has 0 radical (unpaired) electrons. The van der Waals surface area contributed by atoms with Gasteiger partial charge in [-0.2, -0.15) is 0 Å². The standard InChI is InChI=1S/C9H6BrFO5/c1-16-8-4(12)2-3(10)6(11)5(8)7(13)9(14)15/h2,12H,1H3,(H,14,15). The van der Waals surface area contributed by atoms with E-state index in [0.29, 0.717) is 0 Å². The number of carboxylic acids is 1. The average molecular weight is 293 g/mol. The van der Waals surface area contributed by atoms with Gasteiger partial charge in [0.25, 0.3) is 5.78 Å². The Kier molecular flexibility index (Phi) is 3.48. The van der Waals surface area contributed by atoms with Gasteiger partial charge in [-0.05, 0) is 15.9 Å². The lowest BCUT2D eigenvalue weighted by Gasteiger charge is -2.09. The van der Waals surface area contributed by atoms with Gasteiger partial charge in [-0.1, -0.05) is 0 Å². The Balaban J connectivity index is 3.57. The molecule has 16 heavy (non-hydrogen) atoms. The molecule has 0 atom stereocenters. The normalized spacial score (nSPS) is 9.94. The minimum Gasteiger partial charge on any atom is -0.504 e. The van der Waals surface area contributed by atoms with E-state index >= 15 is 0 Å². The third-order valence-electron chi connectivity index (χ3n) is 1.78. The molecule has 0 saturated carbocycles. The number of carboxylic acid groups (broad SMARTS) is 1. The second-order valence-electron chi connectivity index (χ2n) is 2.73. The average Bonchev–Trinajstić information content (AvgIpc) is 2.21. The van der Waals surface area contributed by atoms with Gasteiger partial charge in [0.2, 0.25) is 0 Å². The van der Waals surface area contributed by atoms with Crippen LogP contribution in [0.4, 0.5) is 4.39 Å². The molecular weight excluding hydrogens is 287 g/mol. The fraction of sp³-hybridized carbons (Fsp3) is 0.111. The van der Waals surface area contributed by atoms with Crippen LogP contribution in [-0.2, 0) is 4.79 Å². The summed E-state index contributed by atoms with van der Waals surface area (Å²) >= 11 is 2.74. The highest BCUT2D eigenvalue weighted by Gasteiger charge is 2.28. The van der Waals surface area contributed by atoms with E-state index in [4.69, 9.17) is 5.11 Å². The van der Waals surface area contributed by atoms with Gasteiger partial charge < -0.3 is 14.9 Å². The summed E-state index contributed by atoms with van der Waals surface area (Å²) in [5, 5.41) is 17.9. The lowest BCUT2D eigenvalue weighted by molar-refractivity contribution is -0.131. The minimum absolute atomic E-state index is 0.226. The molecule has 86 valence electrons. The molecule has 0 fully saturated rings. The molecule has 0 aliphatic carbocycles. The van der Waals surface area contributed by atoms with Gasteiger partial charge >= 0.3 is 5.97 Å². The number of benzene rings is 1. The largest absolute Gasteiger partial charge is 0.504 e. The van der Waals surface area contributed by atoms with Crippen molar-refractivity contribution in [3.8, 4) is 11.5 Å². The molecule has 0 unspecified atom stereocenters. The molecule has 0 aliphatic heterocycles. The van der Waals surface area contributed by atoms with E-state index in [1.54, 1.807) is 0 Å². The number of aliphatic carboxylic acids is 1. The quantitative estimate of drug-likeness (QED) is 0.653. The molecule has 0 spiro atoms. The number of carbonyl (C=O) groups is 2. The third kappa shape index (κ3) is 1.99. The van der Waals surface area contributed by atoms with Crippen LogP contribution in [0.2, 0.25) is 0 Å². The molecule has 2 N–H and O–H groups in total. The van der Waals surface area contributed by atoms with E-state index in [0.717, 1.165) is 13.2 Å². The molecule has 1 rings (SSSR count). The Labute approximate surface area is 97.6 Å². The van der Waals surface area contributed by atoms with E-state index < -0.39 is 34.6 Å². The Morgan fingerprint density at radius 1 is 1.50 bits per heavy atom. The third-order valence-corrected chi connectivity index (χ3v) is 2.35. The first-order valence-electron chi connectivity index (χ1n) is 3.92. The zero-order valence-electron chi connectivity index (χ0n) is 7.95. The van der Waals surface area contributed by atoms with E-state index in [-0.39, 0.29) is 4.47 Å². The molecule has 0 amide bonds. The molecule has 1 aromatic rings. The second-order valence-corrected chi connectivity index (χ2v) is 3.59. The zero-order valence-corrected chi connectivity index (χ0v) is 9.54. The minimum atomic E-state index is -1.84. The van der Waals surface area contributed by atoms with Crippen LogP contribution >= 0.6 is 15.9 Å². The Hall–Kier alpha value is -1.63. The van der Waals surface area contributed by atoms with Crippen LogP contribution in [0.5, 0.6) is 11.5 Å². The molecule has 1 aromatic carbocycles. The van der Waals surface area contributed by atoms with E-state index in [1.807, 2.05) is 0 Å². The molecule has 0 aliphatic rings. The fourth-order valence-corrected chi connectivity index (χ4v) is 1.53. The van der Waals surface area contributed by atoms with Crippen LogP contribution in [-0.4, -0.2) is 29.1 Å². The summed E-state index contributed by atoms with van der Waals surface area (Å²) in [6, 6.07) is 0.965. The van der Waals surface area contributed by atoms with Crippen molar-refractivity contribution in [2.45, 2.75) is 0 Å². The molecule has 0 bridgehead atoms. The van der Waals surface area contributed by atoms with Crippen LogP contribution in [0.1, 0.15) is 10.4 Å². The Bertz CT molecular complexity index is 471. The Morgan fingerprint density at radius 3 is 2.50 bits per heavy atom. The molecule has 5 nitrogen and oxygen atoms in total. The summed E-state index contributed by atoms with van der Waals surface area (Å²) in [5.74, 6) is -5.46. The number of aromatic hydroxyl groups is 1. The predicted octanol–water partition coefficient (Wildman–Crippen LogP) is 1.57. The summed E-state index contributed by atoms with van der Waals surface area (Å²) in [6.07, 6.45) is 0. The highest BCUT2D eigenvalue weighted by atomic mass is 79.9. The summed E-state index contributed by atoms with van der Waals surface area (Å²) < 4.78 is 17.9. The summed E-state index contributed by atoms with van der Waals surface area (Å²) in [7, 11) is 1.08. The van der Waals surface area contributed by atoms with Crippen molar-refractivity contribution < 1.29 is 28.9 Å². The number of rotatable bonds is 3. The van der Waals surface area contributed by atoms with Gasteiger partial charge in [0, 0.05) is 6.07 Å². The highest BCUT2D eigenvalue weighted by Crippen LogP contribution is 2.36. The lowest BCUT2D eigenvalue weighted by atomic mass is 10.1. The lowest BCUT2D eigenvalue weighted by Crippen LogP contribution is -2.16. The van der Waals surface area contributed by atoms with E-state index in [9.17, 15) is 19.1 Å². The van der Waals surface area contributed by atoms with Gasteiger partial charge in [-0.15, -0.1) is 0 Å². The topological polar surface area (TPSA) is 83.8 Å². The van der Waals surface area contributed by atoms with Crippen molar-refractivity contribution in [2.24, 2.45) is 0 Å². The number of phenols is 1. The van der Waals surface area contributed by atoms with E-state index in [1.165, 1.54) is 0 Å². The van der Waals surface area contributed by atoms with Gasteiger partial charge in [0.1, 0.15) is 5.56 Å². The number of hydrogen-bond acceptors (Lipinski definition) is 4. The summed E-state index contributed by atoms with van der Waals surface area (Å²) in [6.45, 7) is 0. The van der Waals surface area contributed by atoms with Crippen molar-refractivity contribution in [3.05, 3.63) is 21.9 Å². The zero-order chi connectivity index (χ0) is 12.5. The first kappa shape index (κ1) is 12.4. The van der Waals surface area contributed by atoms with Crippen LogP contribution in [0.15, 0.2) is 10.5 Å². The first-order chi connectivity index (χ1) is 7.40. The molecule has 0 aromatic heterocycles. The Morgan fingerprint density at radius 2 is 2.06 bits per heavy atom. The van der Waals surface area contributed by atoms with Gasteiger partial charge in [0.15, 0.2) is 17.3 Å². The molecule has 7 heteroatoms. The van der Waals surface area contributed by atoms with Crippen molar-refractivity contribution in [3.63, 3.8) is 0 Å². The van der Waals surface area contributed by atoms with Crippen LogP contribution in [0, 0.1) is 5.82 Å². The summed E-state index contributed by atoms with van der Waals surface area (Å²) in [4.78, 5) is 21.7. The maximum Gasteiger partial charge on any atom is 0.377 e. The predicted molar refractivity (Wildman–Crippen MR) is 54.3 cm³/mol. The maximum atomic E-state index is 13.5. The summed E-state index contributed by atoms with van der Waals surface area (Å²) in [5.41, 5.74) is -0.818. The van der Waals surface area contributed by atoms with Gasteiger partial charge in [0.05, 0.1) is 11.6 Å². The van der Waals surface area contributed by atoms with Crippen LogP contribution in [0.25, 0.3) is 0 Å². The first-order valence-corrected chi connectivity index (χ1v) is 4.72. The number of ether oxygens (including phenoxy) is 1. The number of methoxy groups -OCH3 is 1. The van der Waals surface area contributed by atoms with E-state index in [2.05, 4.69) is 20.7 Å². The van der Waals surface area contributed by atoms with Crippen molar-refractivity contribution in [1.29, 1.82) is 0 Å². The van der Waals surface area contributed by atoms with Crippen LogP contribution < -0.4 is 4.74 Å². The number of Topliss-reactive ketones (excluding diaryl/α,β-unsaturated/α-hetero) is 1. The number of halogens is 2. The van der Waals surface area contributed by atoms with Gasteiger partial charge in [-0.25, -0.2) is 9.18 Å². The maximum absolute atomic E-state index is 13.5. The molecule has 0 heterocycles. The number of carbonyl (C=O) groups excluding carboxylic acids is 1. The number of ketones is 1. The smallest absolute Gasteiger partial charge is 0.377 e. The van der Waals surface area contributed by atoms with Crippen molar-refractivity contribution >= 4 is 27.7 Å². The monoisotopic (exact) mass is 292 g/mol. The second kappa shape index (κ2) is 4.48. The fourth-order valence-electron chi connectivity index (χ4n) is 1.11. The number of hydrogen-bond donors (Lipinski definition) is 2. The van der Waals surface area contributed by atoms with Crippen LogP contribution in [0.3, 0.4) is 0 Å². The van der Waals surface area contributed by atoms with Gasteiger partial charge in [-0.3, -0.25) is 4.79 Å². The molecular formula is C9H6BrFO5. The highest BCUT2D eigenvalue weighted by molar-refractivity contribution is 9.10. The molecule has 0 saturated heterocycles.